The third kappa shape index (κ3) is 3.41. The van der Waals surface area contributed by atoms with Crippen LogP contribution in [0.2, 0.25) is 5.02 Å². The summed E-state index contributed by atoms with van der Waals surface area (Å²) in [5.74, 6) is 6.09. The van der Waals surface area contributed by atoms with Gasteiger partial charge in [-0.05, 0) is 24.8 Å². The zero-order valence-corrected chi connectivity index (χ0v) is 12.4. The number of amides is 1. The predicted molar refractivity (Wildman–Crippen MR) is 80.6 cm³/mol. The zero-order chi connectivity index (χ0) is 14.5. The molecule has 2 atom stereocenters. The molecule has 1 aromatic rings. The van der Waals surface area contributed by atoms with Crippen LogP contribution in [-0.2, 0) is 0 Å². The smallest absolute Gasteiger partial charge is 0.253 e. The first kappa shape index (κ1) is 15.1. The van der Waals surface area contributed by atoms with Gasteiger partial charge in [0, 0.05) is 12.2 Å². The van der Waals surface area contributed by atoms with Crippen molar-refractivity contribution in [3.05, 3.63) is 22.8 Å². The maximum absolute atomic E-state index is 12.3. The van der Waals surface area contributed by atoms with Crippen LogP contribution in [0.25, 0.3) is 0 Å². The Morgan fingerprint density at radius 2 is 2.25 bits per heavy atom. The molecule has 1 saturated carbocycles. The van der Waals surface area contributed by atoms with Crippen molar-refractivity contribution >= 4 is 23.3 Å². The zero-order valence-electron chi connectivity index (χ0n) is 11.7. The van der Waals surface area contributed by atoms with Crippen LogP contribution in [0.15, 0.2) is 12.3 Å². The minimum absolute atomic E-state index is 0.117. The monoisotopic (exact) mass is 296 g/mol. The Morgan fingerprint density at radius 1 is 1.50 bits per heavy atom. The average molecular weight is 297 g/mol. The average Bonchev–Trinajstić information content (AvgIpc) is 2.47. The van der Waals surface area contributed by atoms with Gasteiger partial charge in [0.1, 0.15) is 0 Å². The van der Waals surface area contributed by atoms with Gasteiger partial charge in [-0.3, -0.25) is 4.79 Å². The molecule has 0 aliphatic heterocycles. The van der Waals surface area contributed by atoms with Gasteiger partial charge in [-0.25, -0.2) is 10.8 Å². The number of carbonyl (C=O) groups excluding carboxylic acids is 1. The fourth-order valence-electron chi connectivity index (χ4n) is 2.81. The molecule has 0 spiro atoms. The largest absolute Gasteiger partial charge is 0.349 e. The maximum atomic E-state index is 12.3. The van der Waals surface area contributed by atoms with Crippen LogP contribution in [0, 0.1) is 5.92 Å². The van der Waals surface area contributed by atoms with Crippen molar-refractivity contribution in [2.75, 3.05) is 5.43 Å². The summed E-state index contributed by atoms with van der Waals surface area (Å²) in [4.78, 5) is 16.3. The number of nitrogen functional groups attached to an aromatic ring is 1. The quantitative estimate of drug-likeness (QED) is 0.589. The molecule has 1 fully saturated rings. The van der Waals surface area contributed by atoms with E-state index >= 15 is 0 Å². The molecule has 0 aromatic carbocycles. The number of hydrogen-bond donors (Lipinski definition) is 3. The molecular weight excluding hydrogens is 276 g/mol. The van der Waals surface area contributed by atoms with Crippen molar-refractivity contribution in [3.63, 3.8) is 0 Å². The molecule has 1 aromatic heterocycles. The van der Waals surface area contributed by atoms with E-state index in [-0.39, 0.29) is 11.9 Å². The van der Waals surface area contributed by atoms with E-state index < -0.39 is 0 Å². The second kappa shape index (κ2) is 6.90. The lowest BCUT2D eigenvalue weighted by Gasteiger charge is -2.31. The molecule has 1 aliphatic rings. The second-order valence-corrected chi connectivity index (χ2v) is 5.64. The number of nitrogens with one attached hydrogen (secondary N) is 2. The first-order valence-electron chi connectivity index (χ1n) is 7.08. The molecule has 110 valence electrons. The first-order chi connectivity index (χ1) is 9.65. The summed E-state index contributed by atoms with van der Waals surface area (Å²) in [6.45, 7) is 2.18. The lowest BCUT2D eigenvalue weighted by atomic mass is 9.83. The molecule has 0 bridgehead atoms. The number of nitrogens with zero attached hydrogens (tertiary/aromatic N) is 1. The van der Waals surface area contributed by atoms with E-state index in [0.29, 0.717) is 22.3 Å². The fourth-order valence-corrected chi connectivity index (χ4v) is 3.03. The molecule has 6 heteroatoms. The Morgan fingerprint density at radius 3 is 2.90 bits per heavy atom. The third-order valence-corrected chi connectivity index (χ3v) is 4.28. The van der Waals surface area contributed by atoms with Crippen molar-refractivity contribution in [2.24, 2.45) is 11.8 Å². The molecular formula is C14H21ClN4O. The summed E-state index contributed by atoms with van der Waals surface area (Å²) >= 11 is 5.99. The Labute approximate surface area is 124 Å². The van der Waals surface area contributed by atoms with Crippen LogP contribution in [0.1, 0.15) is 49.4 Å². The highest BCUT2D eigenvalue weighted by molar-refractivity contribution is 6.33. The van der Waals surface area contributed by atoms with Gasteiger partial charge in [-0.1, -0.05) is 37.8 Å². The lowest BCUT2D eigenvalue weighted by Crippen LogP contribution is -2.41. The summed E-state index contributed by atoms with van der Waals surface area (Å²) in [5.41, 5.74) is 2.85. The summed E-state index contributed by atoms with van der Waals surface area (Å²) in [7, 11) is 0. The Balaban J connectivity index is 2.05. The van der Waals surface area contributed by atoms with Crippen molar-refractivity contribution < 1.29 is 4.79 Å². The Kier molecular flexibility index (Phi) is 5.20. The highest BCUT2D eigenvalue weighted by Crippen LogP contribution is 2.27. The standard InChI is InChI=1S/C14H21ClN4O/c1-2-9-5-3-4-6-12(9)18-14(20)10-7-11(15)13(19-16)17-8-10/h7-9,12H,2-6,16H2,1H3,(H,17,19)(H,18,20). The number of halogens is 1. The van der Waals surface area contributed by atoms with Crippen LogP contribution in [0.3, 0.4) is 0 Å². The van der Waals surface area contributed by atoms with Gasteiger partial charge in [-0.2, -0.15) is 0 Å². The molecule has 4 N–H and O–H groups in total. The van der Waals surface area contributed by atoms with Crippen molar-refractivity contribution in [2.45, 2.75) is 45.1 Å². The van der Waals surface area contributed by atoms with Crippen LogP contribution in [0.4, 0.5) is 5.82 Å². The minimum Gasteiger partial charge on any atom is -0.349 e. The van der Waals surface area contributed by atoms with E-state index in [1.54, 1.807) is 6.07 Å². The summed E-state index contributed by atoms with van der Waals surface area (Å²) < 4.78 is 0. The molecule has 0 radical (unpaired) electrons. The van der Waals surface area contributed by atoms with Crippen LogP contribution < -0.4 is 16.6 Å². The molecule has 0 saturated heterocycles. The molecule has 2 unspecified atom stereocenters. The Hall–Kier alpha value is -1.33. The maximum Gasteiger partial charge on any atom is 0.253 e. The predicted octanol–water partition coefficient (Wildman–Crippen LogP) is 2.72. The number of aromatic nitrogens is 1. The number of hydrazine groups is 1. The van der Waals surface area contributed by atoms with Crippen LogP contribution in [-0.4, -0.2) is 16.9 Å². The van der Waals surface area contributed by atoms with Crippen LogP contribution >= 0.6 is 11.6 Å². The number of pyridine rings is 1. The number of nitrogens with two attached hydrogens (primary N) is 1. The van der Waals surface area contributed by atoms with E-state index in [1.807, 2.05) is 0 Å². The van der Waals surface area contributed by atoms with Gasteiger partial charge in [0.2, 0.25) is 0 Å². The Bertz CT molecular complexity index is 480. The van der Waals surface area contributed by atoms with Crippen molar-refractivity contribution in [1.29, 1.82) is 0 Å². The molecule has 5 nitrogen and oxygen atoms in total. The van der Waals surface area contributed by atoms with Crippen molar-refractivity contribution in [1.82, 2.24) is 10.3 Å². The van der Waals surface area contributed by atoms with Gasteiger partial charge in [0.05, 0.1) is 10.6 Å². The third-order valence-electron chi connectivity index (χ3n) is 3.99. The van der Waals surface area contributed by atoms with E-state index in [2.05, 4.69) is 22.7 Å². The van der Waals surface area contributed by atoms with Gasteiger partial charge in [0.15, 0.2) is 5.82 Å². The number of carbonyl (C=O) groups is 1. The normalized spacial score (nSPS) is 22.4. The summed E-state index contributed by atoms with van der Waals surface area (Å²) in [6.07, 6.45) is 7.26. The molecule has 2 rings (SSSR count). The van der Waals surface area contributed by atoms with Gasteiger partial charge in [-0.15, -0.1) is 0 Å². The first-order valence-corrected chi connectivity index (χ1v) is 7.46. The van der Waals surface area contributed by atoms with E-state index in [9.17, 15) is 4.79 Å². The van der Waals surface area contributed by atoms with E-state index in [4.69, 9.17) is 17.4 Å². The lowest BCUT2D eigenvalue weighted by molar-refractivity contribution is 0.0904. The molecule has 20 heavy (non-hydrogen) atoms. The van der Waals surface area contributed by atoms with Crippen molar-refractivity contribution in [3.8, 4) is 0 Å². The van der Waals surface area contributed by atoms with E-state index in [1.165, 1.54) is 25.5 Å². The SMILES string of the molecule is CCC1CCCCC1NC(=O)c1cnc(NN)c(Cl)c1. The second-order valence-electron chi connectivity index (χ2n) is 5.23. The highest BCUT2D eigenvalue weighted by atomic mass is 35.5. The highest BCUT2D eigenvalue weighted by Gasteiger charge is 2.25. The molecule has 1 amide bonds. The van der Waals surface area contributed by atoms with Gasteiger partial charge in [0.25, 0.3) is 5.91 Å². The fraction of sp³-hybridized carbons (Fsp3) is 0.571. The number of rotatable bonds is 4. The van der Waals surface area contributed by atoms with Crippen LogP contribution in [0.5, 0.6) is 0 Å². The molecule has 1 aliphatic carbocycles. The summed E-state index contributed by atoms with van der Waals surface area (Å²) in [6, 6.07) is 1.84. The number of hydrogen-bond acceptors (Lipinski definition) is 4. The van der Waals surface area contributed by atoms with Gasteiger partial charge >= 0.3 is 0 Å². The minimum atomic E-state index is -0.117. The topological polar surface area (TPSA) is 80.0 Å². The van der Waals surface area contributed by atoms with Gasteiger partial charge < -0.3 is 10.7 Å². The summed E-state index contributed by atoms with van der Waals surface area (Å²) in [5, 5.41) is 3.45. The van der Waals surface area contributed by atoms with E-state index in [0.717, 1.165) is 12.8 Å². The molecule has 1 heterocycles. The number of anilines is 1.